The van der Waals surface area contributed by atoms with Crippen LogP contribution >= 0.6 is 0 Å². The Morgan fingerprint density at radius 1 is 0.939 bits per heavy atom. The fourth-order valence-electron chi connectivity index (χ4n) is 4.22. The van der Waals surface area contributed by atoms with E-state index in [1.54, 1.807) is 30.3 Å². The first kappa shape index (κ1) is 22.7. The normalized spacial score (nSPS) is 16.0. The highest BCUT2D eigenvalue weighted by atomic mass is 16.2. The third kappa shape index (κ3) is 5.64. The molecule has 8 nitrogen and oxygen atoms in total. The topological polar surface area (TPSA) is 98.8 Å². The first-order chi connectivity index (χ1) is 15.9. The van der Waals surface area contributed by atoms with E-state index >= 15 is 0 Å². The van der Waals surface area contributed by atoms with Crippen molar-refractivity contribution in [1.82, 2.24) is 9.80 Å². The van der Waals surface area contributed by atoms with Crippen LogP contribution in [0, 0.1) is 0 Å². The molecule has 4 rings (SSSR count). The zero-order valence-electron chi connectivity index (χ0n) is 18.7. The molecule has 2 heterocycles. The van der Waals surface area contributed by atoms with E-state index in [9.17, 15) is 19.2 Å². The highest BCUT2D eigenvalue weighted by Gasteiger charge is 2.24. The Morgan fingerprint density at radius 2 is 1.64 bits per heavy atom. The lowest BCUT2D eigenvalue weighted by molar-refractivity contribution is -0.116. The molecule has 0 aromatic heterocycles. The minimum absolute atomic E-state index is 0.00434. The molecule has 0 unspecified atom stereocenters. The van der Waals surface area contributed by atoms with Gasteiger partial charge in [0, 0.05) is 75.0 Å². The summed E-state index contributed by atoms with van der Waals surface area (Å²) in [5.74, 6) is -0.0706. The largest absolute Gasteiger partial charge is 0.336 e. The van der Waals surface area contributed by atoms with Crippen molar-refractivity contribution in [2.75, 3.05) is 43.4 Å². The molecule has 172 valence electrons. The summed E-state index contributed by atoms with van der Waals surface area (Å²) in [5, 5.41) is 5.53. The van der Waals surface area contributed by atoms with Crippen LogP contribution in [0.2, 0.25) is 0 Å². The van der Waals surface area contributed by atoms with E-state index in [-0.39, 0.29) is 23.5 Å². The molecule has 0 saturated carbocycles. The van der Waals surface area contributed by atoms with E-state index in [1.165, 1.54) is 6.92 Å². The molecule has 8 heteroatoms. The molecule has 2 aromatic rings. The smallest absolute Gasteiger partial charge is 0.253 e. The van der Waals surface area contributed by atoms with Gasteiger partial charge in [-0.2, -0.15) is 0 Å². The molecule has 2 aliphatic heterocycles. The molecule has 0 atom stereocenters. The molecule has 1 fully saturated rings. The number of nitrogens with one attached hydrogen (secondary N) is 2. The summed E-state index contributed by atoms with van der Waals surface area (Å²) < 4.78 is 0. The van der Waals surface area contributed by atoms with Crippen LogP contribution < -0.4 is 10.6 Å². The molecule has 0 spiro atoms. The lowest BCUT2D eigenvalue weighted by Crippen LogP contribution is -2.49. The minimum Gasteiger partial charge on any atom is -0.336 e. The highest BCUT2D eigenvalue weighted by molar-refractivity contribution is 5.98. The number of rotatable bonds is 6. The van der Waals surface area contributed by atoms with Crippen molar-refractivity contribution < 1.29 is 19.2 Å². The van der Waals surface area contributed by atoms with Crippen LogP contribution in [0.4, 0.5) is 11.4 Å². The van der Waals surface area contributed by atoms with Gasteiger partial charge in [-0.05, 0) is 54.4 Å². The predicted octanol–water partition coefficient (Wildman–Crippen LogP) is 2.56. The number of aryl methyl sites for hydroxylation is 1. The number of carbonyl (C=O) groups is 4. The molecule has 3 amide bonds. The van der Waals surface area contributed by atoms with E-state index < -0.39 is 0 Å². The summed E-state index contributed by atoms with van der Waals surface area (Å²) in [6.07, 6.45) is 1.51. The predicted molar refractivity (Wildman–Crippen MR) is 125 cm³/mol. The molecular weight excluding hydrogens is 420 g/mol. The molecule has 2 N–H and O–H groups in total. The van der Waals surface area contributed by atoms with Gasteiger partial charge in [-0.1, -0.05) is 0 Å². The number of amides is 3. The number of nitrogens with zero attached hydrogens (tertiary/aromatic N) is 2. The number of fused-ring (bicyclic) bond motifs is 1. The Hall–Kier alpha value is -3.52. The van der Waals surface area contributed by atoms with Crippen LogP contribution in [0.5, 0.6) is 0 Å². The van der Waals surface area contributed by atoms with Crippen LogP contribution in [0.25, 0.3) is 0 Å². The van der Waals surface area contributed by atoms with Crippen LogP contribution in [0.15, 0.2) is 42.5 Å². The average molecular weight is 449 g/mol. The fourth-order valence-corrected chi connectivity index (χ4v) is 4.22. The molecule has 33 heavy (non-hydrogen) atoms. The van der Waals surface area contributed by atoms with E-state index in [4.69, 9.17) is 0 Å². The van der Waals surface area contributed by atoms with Gasteiger partial charge in [0.25, 0.3) is 5.91 Å². The first-order valence-electron chi connectivity index (χ1n) is 11.2. The maximum Gasteiger partial charge on any atom is 0.253 e. The summed E-state index contributed by atoms with van der Waals surface area (Å²) in [6.45, 7) is 4.77. The van der Waals surface area contributed by atoms with Crippen molar-refractivity contribution >= 4 is 34.9 Å². The molecule has 2 aromatic carbocycles. The maximum absolute atomic E-state index is 12.9. The molecule has 0 bridgehead atoms. The number of benzene rings is 2. The Bertz CT molecular complexity index is 1070. The Morgan fingerprint density at radius 3 is 2.33 bits per heavy atom. The second kappa shape index (κ2) is 9.95. The monoisotopic (exact) mass is 448 g/mol. The van der Waals surface area contributed by atoms with Gasteiger partial charge in [-0.25, -0.2) is 0 Å². The summed E-state index contributed by atoms with van der Waals surface area (Å²) >= 11 is 0. The van der Waals surface area contributed by atoms with Gasteiger partial charge in [-0.15, -0.1) is 0 Å². The van der Waals surface area contributed by atoms with Crippen LogP contribution in [0.1, 0.15) is 46.0 Å². The Labute approximate surface area is 192 Å². The van der Waals surface area contributed by atoms with E-state index in [0.717, 1.165) is 24.3 Å². The molecule has 1 saturated heterocycles. The Kier molecular flexibility index (Phi) is 6.84. The third-order valence-electron chi connectivity index (χ3n) is 6.09. The molecular formula is C25H28N4O4. The number of anilines is 2. The van der Waals surface area contributed by atoms with Gasteiger partial charge in [0.05, 0.1) is 0 Å². The van der Waals surface area contributed by atoms with Gasteiger partial charge < -0.3 is 15.5 Å². The van der Waals surface area contributed by atoms with E-state index in [0.29, 0.717) is 55.7 Å². The molecule has 2 aliphatic rings. The highest BCUT2D eigenvalue weighted by Crippen LogP contribution is 2.24. The van der Waals surface area contributed by atoms with Crippen molar-refractivity contribution in [3.63, 3.8) is 0 Å². The van der Waals surface area contributed by atoms with Crippen LogP contribution in [-0.2, 0) is 16.0 Å². The van der Waals surface area contributed by atoms with Crippen molar-refractivity contribution in [2.24, 2.45) is 0 Å². The number of carbonyl (C=O) groups excluding carboxylic acids is 4. The number of Topliss-reactive ketones (excluding diaryl/α,β-unsaturated/α-hetero) is 1. The second-order valence-electron chi connectivity index (χ2n) is 8.49. The van der Waals surface area contributed by atoms with Crippen molar-refractivity contribution in [3.8, 4) is 0 Å². The summed E-state index contributed by atoms with van der Waals surface area (Å²) in [7, 11) is 0. The maximum atomic E-state index is 12.9. The summed E-state index contributed by atoms with van der Waals surface area (Å²) in [6, 6.07) is 12.4. The fraction of sp³-hybridized carbons (Fsp3) is 0.360. The summed E-state index contributed by atoms with van der Waals surface area (Å²) in [4.78, 5) is 52.1. The zero-order chi connectivity index (χ0) is 23.4. The standard InChI is InChI=1S/C25H28N4O4/c1-17(30)26-21-6-2-18(3-7-21)23(31)10-11-28-12-14-29(15-13-28)25(33)20-4-8-22-19(16-20)5-9-24(32)27-22/h2-4,6-8,16H,5,9-15H2,1H3,(H,26,30)(H,27,32). The lowest BCUT2D eigenvalue weighted by Gasteiger charge is -2.34. The van der Waals surface area contributed by atoms with Crippen LogP contribution in [-0.4, -0.2) is 66.0 Å². The minimum atomic E-state index is -0.146. The molecule has 0 radical (unpaired) electrons. The van der Waals surface area contributed by atoms with Gasteiger partial charge >= 0.3 is 0 Å². The quantitative estimate of drug-likeness (QED) is 0.662. The average Bonchev–Trinajstić information content (AvgIpc) is 2.82. The van der Waals surface area contributed by atoms with Crippen molar-refractivity contribution in [3.05, 3.63) is 59.2 Å². The zero-order valence-corrected chi connectivity index (χ0v) is 18.7. The van der Waals surface area contributed by atoms with Gasteiger partial charge in [0.15, 0.2) is 5.78 Å². The van der Waals surface area contributed by atoms with Crippen molar-refractivity contribution in [1.29, 1.82) is 0 Å². The van der Waals surface area contributed by atoms with Gasteiger partial charge in [-0.3, -0.25) is 24.1 Å². The number of hydrogen-bond acceptors (Lipinski definition) is 5. The second-order valence-corrected chi connectivity index (χ2v) is 8.49. The van der Waals surface area contributed by atoms with Crippen molar-refractivity contribution in [2.45, 2.75) is 26.2 Å². The first-order valence-corrected chi connectivity index (χ1v) is 11.2. The third-order valence-corrected chi connectivity index (χ3v) is 6.09. The van der Waals surface area contributed by atoms with E-state index in [1.807, 2.05) is 17.0 Å². The number of hydrogen-bond donors (Lipinski definition) is 2. The lowest BCUT2D eigenvalue weighted by atomic mass is 10.00. The van der Waals surface area contributed by atoms with Crippen LogP contribution in [0.3, 0.4) is 0 Å². The number of piperazine rings is 1. The Balaban J connectivity index is 1.25. The summed E-state index contributed by atoms with van der Waals surface area (Å²) in [5.41, 5.74) is 3.74. The molecule has 0 aliphatic carbocycles. The number of ketones is 1. The van der Waals surface area contributed by atoms with E-state index in [2.05, 4.69) is 15.5 Å². The van der Waals surface area contributed by atoms with Gasteiger partial charge in [0.2, 0.25) is 11.8 Å². The SMILES string of the molecule is CC(=O)Nc1ccc(C(=O)CCN2CCN(C(=O)c3ccc4c(c3)CCC(=O)N4)CC2)cc1. The van der Waals surface area contributed by atoms with Gasteiger partial charge in [0.1, 0.15) is 0 Å².